The fraction of sp³-hybridized carbons (Fsp3) is 0.154. The quantitative estimate of drug-likeness (QED) is 0.345. The average Bonchev–Trinajstić information content (AvgIpc) is 3.31. The standard InChI is InChI=1S/C26H22N2O3S/c1-18-6-4-7-21(16-18)31-15-5-14-30-20-12-10-19(11-13-20)17-24-25(29)28-23-9-3-2-8-22(23)27-26(28)32-24/h2-4,6-13,16-17H,5,14-15H2,1H3/b24-17-. The van der Waals surface area contributed by atoms with Gasteiger partial charge in [0.1, 0.15) is 11.5 Å². The number of aromatic nitrogens is 2. The Morgan fingerprint density at radius 2 is 1.72 bits per heavy atom. The number of para-hydroxylation sites is 2. The van der Waals surface area contributed by atoms with Gasteiger partial charge in [0.2, 0.25) is 0 Å². The number of imidazole rings is 1. The number of rotatable bonds is 7. The van der Waals surface area contributed by atoms with Crippen LogP contribution in [0.2, 0.25) is 0 Å². The molecule has 2 aromatic heterocycles. The summed E-state index contributed by atoms with van der Waals surface area (Å²) in [5.74, 6) is 1.68. The highest BCUT2D eigenvalue weighted by Crippen LogP contribution is 2.17. The molecule has 5 nitrogen and oxygen atoms in total. The van der Waals surface area contributed by atoms with Gasteiger partial charge in [-0.15, -0.1) is 0 Å². The Labute approximate surface area is 189 Å². The van der Waals surface area contributed by atoms with E-state index in [1.165, 1.54) is 16.9 Å². The topological polar surface area (TPSA) is 52.8 Å². The van der Waals surface area contributed by atoms with Crippen LogP contribution < -0.4 is 19.6 Å². The molecule has 0 atom stereocenters. The summed E-state index contributed by atoms with van der Waals surface area (Å²) in [6.07, 6.45) is 2.69. The van der Waals surface area contributed by atoms with Crippen LogP contribution in [0.5, 0.6) is 11.5 Å². The predicted octanol–water partition coefficient (Wildman–Crippen LogP) is 4.61. The van der Waals surface area contributed by atoms with Gasteiger partial charge in [0.25, 0.3) is 5.56 Å². The van der Waals surface area contributed by atoms with Gasteiger partial charge in [-0.3, -0.25) is 4.79 Å². The maximum absolute atomic E-state index is 12.9. The van der Waals surface area contributed by atoms with Crippen LogP contribution in [0, 0.1) is 6.92 Å². The minimum atomic E-state index is -0.0346. The van der Waals surface area contributed by atoms with Crippen molar-refractivity contribution in [2.75, 3.05) is 13.2 Å². The summed E-state index contributed by atoms with van der Waals surface area (Å²) < 4.78 is 13.9. The van der Waals surface area contributed by atoms with Crippen molar-refractivity contribution in [2.45, 2.75) is 13.3 Å². The summed E-state index contributed by atoms with van der Waals surface area (Å²) in [5.41, 5.74) is 3.79. The van der Waals surface area contributed by atoms with Gasteiger partial charge in [0.05, 0.1) is 28.8 Å². The van der Waals surface area contributed by atoms with E-state index < -0.39 is 0 Å². The Bertz CT molecular complexity index is 1490. The smallest absolute Gasteiger partial charge is 0.274 e. The van der Waals surface area contributed by atoms with Crippen LogP contribution in [-0.2, 0) is 0 Å². The molecule has 0 aliphatic carbocycles. The summed E-state index contributed by atoms with van der Waals surface area (Å²) >= 11 is 1.41. The van der Waals surface area contributed by atoms with Gasteiger partial charge in [-0.05, 0) is 60.5 Å². The van der Waals surface area contributed by atoms with Crippen molar-refractivity contribution in [1.29, 1.82) is 0 Å². The van der Waals surface area contributed by atoms with Crippen LogP contribution in [0.25, 0.3) is 22.1 Å². The van der Waals surface area contributed by atoms with E-state index in [1.807, 2.05) is 85.8 Å². The van der Waals surface area contributed by atoms with Crippen molar-refractivity contribution in [3.8, 4) is 11.5 Å². The molecule has 32 heavy (non-hydrogen) atoms. The molecule has 0 fully saturated rings. The molecule has 2 heterocycles. The molecule has 3 aromatic carbocycles. The fourth-order valence-corrected chi connectivity index (χ4v) is 4.55. The number of thiazole rings is 1. The molecule has 5 aromatic rings. The molecule has 160 valence electrons. The van der Waals surface area contributed by atoms with Crippen LogP contribution in [-0.4, -0.2) is 22.6 Å². The molecule has 0 amide bonds. The maximum Gasteiger partial charge on any atom is 0.274 e. The van der Waals surface area contributed by atoms with Crippen molar-refractivity contribution < 1.29 is 9.47 Å². The number of aryl methyl sites for hydroxylation is 1. The number of hydrogen-bond donors (Lipinski definition) is 0. The first kappa shape index (κ1) is 20.3. The summed E-state index contributed by atoms with van der Waals surface area (Å²) in [7, 11) is 0. The minimum Gasteiger partial charge on any atom is -0.493 e. The molecule has 0 bridgehead atoms. The normalized spacial score (nSPS) is 12.0. The van der Waals surface area contributed by atoms with Gasteiger partial charge in [0.15, 0.2) is 4.96 Å². The van der Waals surface area contributed by atoms with Crippen LogP contribution in [0.3, 0.4) is 0 Å². The molecule has 0 unspecified atom stereocenters. The molecule has 0 saturated heterocycles. The number of nitrogens with zero attached hydrogens (tertiary/aromatic N) is 2. The van der Waals surface area contributed by atoms with Crippen LogP contribution in [0.4, 0.5) is 0 Å². The van der Waals surface area contributed by atoms with Crippen molar-refractivity contribution in [3.05, 3.63) is 98.8 Å². The van der Waals surface area contributed by atoms with E-state index in [2.05, 4.69) is 4.98 Å². The second kappa shape index (κ2) is 8.85. The third-order valence-corrected chi connectivity index (χ3v) is 6.11. The monoisotopic (exact) mass is 442 g/mol. The van der Waals surface area contributed by atoms with E-state index in [9.17, 15) is 4.79 Å². The van der Waals surface area contributed by atoms with Gasteiger partial charge < -0.3 is 9.47 Å². The highest BCUT2D eigenvalue weighted by atomic mass is 32.1. The molecule has 6 heteroatoms. The summed E-state index contributed by atoms with van der Waals surface area (Å²) in [5, 5.41) is 0. The number of ether oxygens (including phenoxy) is 2. The SMILES string of the molecule is Cc1cccc(OCCCOc2ccc(/C=c3\sc4nc5ccccc5n4c3=O)cc2)c1. The molecule has 5 rings (SSSR count). The molecule has 0 spiro atoms. The molecule has 0 saturated carbocycles. The minimum absolute atomic E-state index is 0.0346. The largest absolute Gasteiger partial charge is 0.493 e. The Morgan fingerprint density at radius 3 is 2.53 bits per heavy atom. The predicted molar refractivity (Wildman–Crippen MR) is 129 cm³/mol. The summed E-state index contributed by atoms with van der Waals surface area (Å²) in [6, 6.07) is 23.5. The lowest BCUT2D eigenvalue weighted by atomic mass is 10.2. The highest BCUT2D eigenvalue weighted by molar-refractivity contribution is 7.15. The third-order valence-electron chi connectivity index (χ3n) is 5.14. The molecule has 0 radical (unpaired) electrons. The molecule has 0 aliphatic heterocycles. The van der Waals surface area contributed by atoms with Gasteiger partial charge in [0, 0.05) is 6.42 Å². The molecular weight excluding hydrogens is 420 g/mol. The zero-order valence-corrected chi connectivity index (χ0v) is 18.5. The Morgan fingerprint density at radius 1 is 0.938 bits per heavy atom. The molecule has 0 N–H and O–H groups in total. The first-order valence-electron chi connectivity index (χ1n) is 10.5. The fourth-order valence-electron chi connectivity index (χ4n) is 3.57. The number of fused-ring (bicyclic) bond motifs is 3. The first-order chi connectivity index (χ1) is 15.7. The molecule has 0 aliphatic rings. The average molecular weight is 443 g/mol. The van der Waals surface area contributed by atoms with Crippen molar-refractivity contribution >= 4 is 33.4 Å². The first-order valence-corrected chi connectivity index (χ1v) is 11.3. The van der Waals surface area contributed by atoms with E-state index in [0.29, 0.717) is 17.7 Å². The number of hydrogen-bond acceptors (Lipinski definition) is 5. The van der Waals surface area contributed by atoms with Gasteiger partial charge in [-0.1, -0.05) is 47.7 Å². The Kier molecular flexibility index (Phi) is 5.60. The number of benzene rings is 3. The van der Waals surface area contributed by atoms with E-state index >= 15 is 0 Å². The van der Waals surface area contributed by atoms with Gasteiger partial charge in [-0.2, -0.15) is 0 Å². The van der Waals surface area contributed by atoms with Crippen LogP contribution in [0.15, 0.2) is 77.6 Å². The zero-order chi connectivity index (χ0) is 21.9. The van der Waals surface area contributed by atoms with Crippen LogP contribution >= 0.6 is 11.3 Å². The Hall–Kier alpha value is -3.64. The van der Waals surface area contributed by atoms with E-state index in [1.54, 1.807) is 4.40 Å². The lowest BCUT2D eigenvalue weighted by Crippen LogP contribution is -2.22. The zero-order valence-electron chi connectivity index (χ0n) is 17.7. The van der Waals surface area contributed by atoms with Crippen LogP contribution in [0.1, 0.15) is 17.5 Å². The summed E-state index contributed by atoms with van der Waals surface area (Å²) in [4.78, 5) is 18.1. The second-order valence-electron chi connectivity index (χ2n) is 7.57. The van der Waals surface area contributed by atoms with E-state index in [4.69, 9.17) is 9.47 Å². The van der Waals surface area contributed by atoms with Gasteiger partial charge in [-0.25, -0.2) is 9.38 Å². The highest BCUT2D eigenvalue weighted by Gasteiger charge is 2.10. The lowest BCUT2D eigenvalue weighted by molar-refractivity contribution is 0.247. The van der Waals surface area contributed by atoms with Crippen molar-refractivity contribution in [3.63, 3.8) is 0 Å². The Balaban J connectivity index is 1.22. The lowest BCUT2D eigenvalue weighted by Gasteiger charge is -2.08. The van der Waals surface area contributed by atoms with Gasteiger partial charge >= 0.3 is 0 Å². The van der Waals surface area contributed by atoms with Crippen molar-refractivity contribution in [1.82, 2.24) is 9.38 Å². The van der Waals surface area contributed by atoms with E-state index in [-0.39, 0.29) is 5.56 Å². The molecular formula is C26H22N2O3S. The van der Waals surface area contributed by atoms with Crippen molar-refractivity contribution in [2.24, 2.45) is 0 Å². The maximum atomic E-state index is 12.9. The summed E-state index contributed by atoms with van der Waals surface area (Å²) in [6.45, 7) is 3.23. The third kappa shape index (κ3) is 4.22. The van der Waals surface area contributed by atoms with E-state index in [0.717, 1.165) is 39.5 Å². The second-order valence-corrected chi connectivity index (χ2v) is 8.58.